The first-order valence-corrected chi connectivity index (χ1v) is 5.35. The highest BCUT2D eigenvalue weighted by molar-refractivity contribution is 7.99. The fraction of sp³-hybridized carbons (Fsp3) is 0.400. The minimum atomic E-state index is 0.644. The molecule has 2 heteroatoms. The van der Waals surface area contributed by atoms with E-state index in [1.165, 1.54) is 10.5 Å². The monoisotopic (exact) mass is 179 g/mol. The molecule has 0 aromatic heterocycles. The van der Waals surface area contributed by atoms with Gasteiger partial charge in [0.05, 0.1) is 0 Å². The topological polar surface area (TPSA) is 21.9 Å². The smallest absolute Gasteiger partial charge is 0.0447 e. The second-order valence-corrected chi connectivity index (χ2v) is 4.30. The highest BCUT2D eigenvalue weighted by Gasteiger charge is 2.21. The third-order valence-electron chi connectivity index (χ3n) is 2.00. The molecular weight excluding hydrogens is 166 g/mol. The van der Waals surface area contributed by atoms with Gasteiger partial charge in [-0.2, -0.15) is 0 Å². The van der Waals surface area contributed by atoms with Crippen LogP contribution in [0.3, 0.4) is 0 Å². The van der Waals surface area contributed by atoms with E-state index >= 15 is 0 Å². The maximum absolute atomic E-state index is 3.30. The third kappa shape index (κ3) is 1.82. The van der Waals surface area contributed by atoms with Crippen LogP contribution in [-0.4, -0.2) is 12.3 Å². The van der Waals surface area contributed by atoms with Crippen LogP contribution in [0, 0.1) is 0 Å². The van der Waals surface area contributed by atoms with Gasteiger partial charge in [-0.25, -0.2) is 0 Å². The lowest BCUT2D eigenvalue weighted by atomic mass is 10.2. The Kier molecular flexibility index (Phi) is 2.38. The van der Waals surface area contributed by atoms with Crippen LogP contribution in [0.15, 0.2) is 29.2 Å². The summed E-state index contributed by atoms with van der Waals surface area (Å²) in [5, 5.41) is 3.30. The molecule has 1 aromatic rings. The van der Waals surface area contributed by atoms with Gasteiger partial charge < -0.3 is 5.32 Å². The first-order valence-electron chi connectivity index (χ1n) is 4.36. The lowest BCUT2D eigenvalue weighted by Gasteiger charge is -1.99. The minimum absolute atomic E-state index is 0.644. The van der Waals surface area contributed by atoms with Crippen molar-refractivity contribution in [3.63, 3.8) is 0 Å². The van der Waals surface area contributed by atoms with Crippen LogP contribution in [0.4, 0.5) is 0 Å². The zero-order valence-electron chi connectivity index (χ0n) is 7.21. The normalized spacial score (nSPS) is 20.9. The van der Waals surface area contributed by atoms with Gasteiger partial charge in [0.25, 0.3) is 0 Å². The molecule has 0 amide bonds. The van der Waals surface area contributed by atoms with E-state index in [0.29, 0.717) is 6.04 Å². The Balaban J connectivity index is 2.08. The highest BCUT2D eigenvalue weighted by Crippen LogP contribution is 2.24. The van der Waals surface area contributed by atoms with Crippen LogP contribution in [0.5, 0.6) is 0 Å². The van der Waals surface area contributed by atoms with E-state index in [1.54, 1.807) is 0 Å². The van der Waals surface area contributed by atoms with Gasteiger partial charge in [-0.1, -0.05) is 19.1 Å². The molecule has 1 aliphatic heterocycles. The molecule has 0 saturated carbocycles. The lowest BCUT2D eigenvalue weighted by Crippen LogP contribution is -1.83. The van der Waals surface area contributed by atoms with Gasteiger partial charge in [-0.3, -0.25) is 0 Å². The average Bonchev–Trinajstić information content (AvgIpc) is 2.89. The van der Waals surface area contributed by atoms with Crippen molar-refractivity contribution < 1.29 is 0 Å². The third-order valence-corrected chi connectivity index (χ3v) is 2.90. The predicted octanol–water partition coefficient (Wildman–Crippen LogP) is 2.44. The number of thioether (sulfide) groups is 1. The quantitative estimate of drug-likeness (QED) is 0.568. The summed E-state index contributed by atoms with van der Waals surface area (Å²) in [6, 6.07) is 9.52. The summed E-state index contributed by atoms with van der Waals surface area (Å²) in [5.41, 5.74) is 1.43. The molecule has 1 aliphatic rings. The van der Waals surface area contributed by atoms with Crippen LogP contribution >= 0.6 is 11.8 Å². The van der Waals surface area contributed by atoms with E-state index in [-0.39, 0.29) is 0 Å². The molecule has 1 nitrogen and oxygen atoms in total. The second kappa shape index (κ2) is 3.50. The molecular formula is C10H13NS. The summed E-state index contributed by atoms with van der Waals surface area (Å²) < 4.78 is 0. The van der Waals surface area contributed by atoms with Crippen LogP contribution in [-0.2, 0) is 0 Å². The van der Waals surface area contributed by atoms with Gasteiger partial charge in [0, 0.05) is 17.5 Å². The standard InChI is InChI=1S/C10H13NS/c1-2-12-9-5-3-8(4-6-9)10-7-11-10/h3-6,10-11H,2,7H2,1H3. The first kappa shape index (κ1) is 8.14. The van der Waals surface area contributed by atoms with Crippen molar-refractivity contribution in [1.82, 2.24) is 5.32 Å². The Hall–Kier alpha value is -0.470. The van der Waals surface area contributed by atoms with Crippen molar-refractivity contribution in [2.75, 3.05) is 12.3 Å². The van der Waals surface area contributed by atoms with Crippen LogP contribution in [0.25, 0.3) is 0 Å². The van der Waals surface area contributed by atoms with E-state index in [0.717, 1.165) is 12.3 Å². The molecule has 1 saturated heterocycles. The van der Waals surface area contributed by atoms with Crippen molar-refractivity contribution in [2.45, 2.75) is 17.9 Å². The fourth-order valence-electron chi connectivity index (χ4n) is 1.26. The molecule has 1 heterocycles. The van der Waals surface area contributed by atoms with Crippen molar-refractivity contribution >= 4 is 11.8 Å². The number of hydrogen-bond acceptors (Lipinski definition) is 2. The Morgan fingerprint density at radius 3 is 2.58 bits per heavy atom. The van der Waals surface area contributed by atoms with Gasteiger partial charge in [0.1, 0.15) is 0 Å². The Morgan fingerprint density at radius 2 is 2.08 bits per heavy atom. The van der Waals surface area contributed by atoms with Gasteiger partial charge in [-0.15, -0.1) is 11.8 Å². The lowest BCUT2D eigenvalue weighted by molar-refractivity contribution is 1.07. The van der Waals surface area contributed by atoms with E-state index in [2.05, 4.69) is 36.5 Å². The van der Waals surface area contributed by atoms with Crippen molar-refractivity contribution in [3.05, 3.63) is 29.8 Å². The maximum atomic E-state index is 3.30. The predicted molar refractivity (Wildman–Crippen MR) is 53.6 cm³/mol. The molecule has 1 aromatic carbocycles. The van der Waals surface area contributed by atoms with Crippen LogP contribution < -0.4 is 5.32 Å². The maximum Gasteiger partial charge on any atom is 0.0447 e. The zero-order valence-corrected chi connectivity index (χ0v) is 8.03. The molecule has 0 aliphatic carbocycles. The molecule has 1 atom stereocenters. The molecule has 2 rings (SSSR count). The van der Waals surface area contributed by atoms with E-state index in [9.17, 15) is 0 Å². The van der Waals surface area contributed by atoms with Gasteiger partial charge in [0.2, 0.25) is 0 Å². The number of hydrogen-bond donors (Lipinski definition) is 1. The van der Waals surface area contributed by atoms with Crippen molar-refractivity contribution in [2.24, 2.45) is 0 Å². The second-order valence-electron chi connectivity index (χ2n) is 2.96. The molecule has 1 N–H and O–H groups in total. The Labute approximate surface area is 77.6 Å². The summed E-state index contributed by atoms with van der Waals surface area (Å²) in [4.78, 5) is 1.38. The van der Waals surface area contributed by atoms with E-state index in [1.807, 2.05) is 11.8 Å². The van der Waals surface area contributed by atoms with E-state index in [4.69, 9.17) is 0 Å². The molecule has 0 bridgehead atoms. The molecule has 0 spiro atoms. The zero-order chi connectivity index (χ0) is 8.39. The Morgan fingerprint density at radius 1 is 1.42 bits per heavy atom. The van der Waals surface area contributed by atoms with Gasteiger partial charge >= 0.3 is 0 Å². The van der Waals surface area contributed by atoms with Crippen molar-refractivity contribution in [3.8, 4) is 0 Å². The van der Waals surface area contributed by atoms with Crippen LogP contribution in [0.2, 0.25) is 0 Å². The summed E-state index contributed by atoms with van der Waals surface area (Å²) >= 11 is 1.90. The van der Waals surface area contributed by atoms with Crippen molar-refractivity contribution in [1.29, 1.82) is 0 Å². The first-order chi connectivity index (χ1) is 5.90. The SMILES string of the molecule is CCSc1ccc(C2CN2)cc1. The number of nitrogens with one attached hydrogen (secondary N) is 1. The minimum Gasteiger partial charge on any atom is -0.307 e. The summed E-state index contributed by atoms with van der Waals surface area (Å²) in [5.74, 6) is 1.15. The largest absolute Gasteiger partial charge is 0.307 e. The molecule has 0 radical (unpaired) electrons. The average molecular weight is 179 g/mol. The van der Waals surface area contributed by atoms with Crippen LogP contribution in [0.1, 0.15) is 18.5 Å². The molecule has 12 heavy (non-hydrogen) atoms. The summed E-state index contributed by atoms with van der Waals surface area (Å²) in [6.45, 7) is 3.33. The molecule has 64 valence electrons. The molecule has 1 unspecified atom stereocenters. The van der Waals surface area contributed by atoms with Gasteiger partial charge in [-0.05, 0) is 23.4 Å². The fourth-order valence-corrected chi connectivity index (χ4v) is 1.92. The Bertz CT molecular complexity index is 251. The van der Waals surface area contributed by atoms with E-state index < -0.39 is 0 Å². The number of benzene rings is 1. The summed E-state index contributed by atoms with van der Waals surface area (Å²) in [6.07, 6.45) is 0. The van der Waals surface area contributed by atoms with Gasteiger partial charge in [0.15, 0.2) is 0 Å². The number of rotatable bonds is 3. The molecule has 1 fully saturated rings. The summed E-state index contributed by atoms with van der Waals surface area (Å²) in [7, 11) is 0. The highest BCUT2D eigenvalue weighted by atomic mass is 32.2.